The molecule has 2 aromatic rings. The van der Waals surface area contributed by atoms with E-state index >= 15 is 0 Å². The first-order valence-electron chi connectivity index (χ1n) is 11.9. The number of anilines is 1. The second-order valence-corrected chi connectivity index (χ2v) is 9.13. The number of amides is 2. The number of benzene rings is 1. The number of nitrogens with zero attached hydrogens (tertiary/aromatic N) is 5. The van der Waals surface area contributed by atoms with Crippen LogP contribution in [-0.4, -0.2) is 82.3 Å². The first-order chi connectivity index (χ1) is 16.4. The van der Waals surface area contributed by atoms with Crippen molar-refractivity contribution in [2.45, 2.75) is 33.2 Å². The van der Waals surface area contributed by atoms with Crippen LogP contribution in [-0.2, 0) is 11.3 Å². The highest BCUT2D eigenvalue weighted by Crippen LogP contribution is 2.20. The minimum absolute atomic E-state index is 0.0565. The summed E-state index contributed by atoms with van der Waals surface area (Å²) in [6.45, 7) is 13.0. The fourth-order valence-electron chi connectivity index (χ4n) is 4.42. The third kappa shape index (κ3) is 6.17. The monoisotopic (exact) mass is 466 g/mol. The predicted molar refractivity (Wildman–Crippen MR) is 131 cm³/mol. The Morgan fingerprint density at radius 2 is 1.79 bits per heavy atom. The Labute approximate surface area is 200 Å². The maximum absolute atomic E-state index is 12.8. The van der Waals surface area contributed by atoms with E-state index in [4.69, 9.17) is 4.74 Å². The summed E-state index contributed by atoms with van der Waals surface area (Å²) in [4.78, 5) is 31.1. The number of aromatic nitrogens is 2. The van der Waals surface area contributed by atoms with Gasteiger partial charge in [0.25, 0.3) is 5.91 Å². The van der Waals surface area contributed by atoms with Gasteiger partial charge >= 0.3 is 6.03 Å². The highest BCUT2D eigenvalue weighted by Gasteiger charge is 2.23. The van der Waals surface area contributed by atoms with Gasteiger partial charge in [0.05, 0.1) is 0 Å². The molecule has 0 bridgehead atoms. The molecule has 9 heteroatoms. The molecule has 34 heavy (non-hydrogen) atoms. The van der Waals surface area contributed by atoms with E-state index in [0.29, 0.717) is 18.9 Å². The van der Waals surface area contributed by atoms with Gasteiger partial charge in [-0.2, -0.15) is 4.68 Å². The lowest BCUT2D eigenvalue weighted by atomic mass is 10.1. The number of carbonyl (C=O) groups excluding carboxylic acids is 2. The number of likely N-dealkylation sites (tertiary alicyclic amines) is 1. The van der Waals surface area contributed by atoms with Crippen molar-refractivity contribution < 1.29 is 14.3 Å². The third-order valence-corrected chi connectivity index (χ3v) is 6.11. The molecule has 2 fully saturated rings. The van der Waals surface area contributed by atoms with Crippen molar-refractivity contribution in [3.8, 4) is 5.75 Å². The van der Waals surface area contributed by atoms with Crippen molar-refractivity contribution in [2.75, 3.05) is 51.2 Å². The molecule has 0 unspecified atom stereocenters. The lowest BCUT2D eigenvalue weighted by molar-refractivity contribution is -0.132. The van der Waals surface area contributed by atoms with Gasteiger partial charge in [0.1, 0.15) is 5.75 Å². The Hall–Kier alpha value is -3.33. The highest BCUT2D eigenvalue weighted by molar-refractivity contribution is 5.78. The SMILES string of the molecule is C=C(C)Nc1ccn(C(=O)N2CCN(Cc3cc(C)cc(OCC(=O)N4CCCC4)c3)CC2)n1. The van der Waals surface area contributed by atoms with Crippen molar-refractivity contribution in [2.24, 2.45) is 0 Å². The largest absolute Gasteiger partial charge is 0.484 e. The quantitative estimate of drug-likeness (QED) is 0.676. The van der Waals surface area contributed by atoms with Crippen LogP contribution in [0.25, 0.3) is 0 Å². The Morgan fingerprint density at radius 3 is 2.50 bits per heavy atom. The van der Waals surface area contributed by atoms with E-state index in [-0.39, 0.29) is 18.5 Å². The standard InChI is InChI=1S/C25H34N6O3/c1-19(2)26-23-6-9-31(27-23)25(33)30-12-10-28(11-13-30)17-21-14-20(3)15-22(16-21)34-18-24(32)29-7-4-5-8-29/h6,9,14-16H,1,4-5,7-8,10-13,17-18H2,2-3H3,(H,26,27). The van der Waals surface area contributed by atoms with Crippen molar-refractivity contribution in [1.29, 1.82) is 0 Å². The van der Waals surface area contributed by atoms with E-state index < -0.39 is 0 Å². The van der Waals surface area contributed by atoms with E-state index in [1.54, 1.807) is 12.3 Å². The molecule has 4 rings (SSSR count). The summed E-state index contributed by atoms with van der Waals surface area (Å²) in [5.41, 5.74) is 3.02. The van der Waals surface area contributed by atoms with Crippen molar-refractivity contribution in [1.82, 2.24) is 24.5 Å². The number of aryl methyl sites for hydroxylation is 1. The van der Waals surface area contributed by atoms with Crippen LogP contribution in [0.15, 0.2) is 42.7 Å². The van der Waals surface area contributed by atoms with Gasteiger partial charge in [0.15, 0.2) is 12.4 Å². The maximum Gasteiger partial charge on any atom is 0.344 e. The molecule has 2 aliphatic rings. The van der Waals surface area contributed by atoms with E-state index in [2.05, 4.69) is 28.0 Å². The molecule has 1 N–H and O–H groups in total. The molecule has 0 radical (unpaired) electrons. The smallest absolute Gasteiger partial charge is 0.344 e. The normalized spacial score (nSPS) is 16.5. The van der Waals surface area contributed by atoms with Crippen LogP contribution in [0, 0.1) is 6.92 Å². The molecule has 9 nitrogen and oxygen atoms in total. The number of piperazine rings is 1. The average molecular weight is 467 g/mol. The summed E-state index contributed by atoms with van der Waals surface area (Å²) in [5, 5.41) is 7.30. The Kier molecular flexibility index (Phi) is 7.52. The summed E-state index contributed by atoms with van der Waals surface area (Å²) in [6.07, 6.45) is 3.82. The van der Waals surface area contributed by atoms with Gasteiger partial charge in [0.2, 0.25) is 0 Å². The van der Waals surface area contributed by atoms with E-state index in [9.17, 15) is 9.59 Å². The van der Waals surface area contributed by atoms with Gasteiger partial charge in [-0.05, 0) is 49.9 Å². The number of ether oxygens (including phenoxy) is 1. The maximum atomic E-state index is 12.8. The van der Waals surface area contributed by atoms with Crippen LogP contribution < -0.4 is 10.1 Å². The number of carbonyl (C=O) groups is 2. The fraction of sp³-hybridized carbons (Fsp3) is 0.480. The molecule has 3 heterocycles. The van der Waals surface area contributed by atoms with E-state index in [1.165, 1.54) is 4.68 Å². The molecule has 2 saturated heterocycles. The number of hydrogen-bond acceptors (Lipinski definition) is 6. The molecular weight excluding hydrogens is 432 g/mol. The van der Waals surface area contributed by atoms with Crippen LogP contribution in [0.3, 0.4) is 0 Å². The van der Waals surface area contributed by atoms with Crippen molar-refractivity contribution >= 4 is 17.8 Å². The predicted octanol–water partition coefficient (Wildman–Crippen LogP) is 2.92. The van der Waals surface area contributed by atoms with Gasteiger partial charge in [-0.3, -0.25) is 9.69 Å². The second-order valence-electron chi connectivity index (χ2n) is 9.13. The lowest BCUT2D eigenvalue weighted by Crippen LogP contribution is -2.49. The summed E-state index contributed by atoms with van der Waals surface area (Å²) in [5.74, 6) is 1.40. The highest BCUT2D eigenvalue weighted by atomic mass is 16.5. The number of rotatable bonds is 7. The van der Waals surface area contributed by atoms with Crippen molar-refractivity contribution in [3.63, 3.8) is 0 Å². The van der Waals surface area contributed by atoms with Gasteiger partial charge in [-0.1, -0.05) is 12.6 Å². The first-order valence-corrected chi connectivity index (χ1v) is 11.9. The van der Waals surface area contributed by atoms with Crippen molar-refractivity contribution in [3.05, 3.63) is 53.9 Å². The zero-order valence-corrected chi connectivity index (χ0v) is 20.1. The van der Waals surface area contributed by atoms with Crippen LogP contribution >= 0.6 is 0 Å². The molecular formula is C25H34N6O3. The topological polar surface area (TPSA) is 82.9 Å². The fourth-order valence-corrected chi connectivity index (χ4v) is 4.42. The molecule has 1 aromatic carbocycles. The van der Waals surface area contributed by atoms with Crippen LogP contribution in [0.5, 0.6) is 5.75 Å². The first kappa shape index (κ1) is 23.8. The zero-order chi connectivity index (χ0) is 24.1. The average Bonchev–Trinajstić information content (AvgIpc) is 3.49. The summed E-state index contributed by atoms with van der Waals surface area (Å²) < 4.78 is 7.20. The Balaban J connectivity index is 1.28. The van der Waals surface area contributed by atoms with Crippen LogP contribution in [0.4, 0.5) is 10.6 Å². The molecule has 0 saturated carbocycles. The summed E-state index contributed by atoms with van der Waals surface area (Å²) in [6, 6.07) is 7.77. The molecule has 0 atom stereocenters. The molecule has 1 aromatic heterocycles. The lowest BCUT2D eigenvalue weighted by Gasteiger charge is -2.34. The third-order valence-electron chi connectivity index (χ3n) is 6.11. The molecule has 2 aliphatic heterocycles. The Bertz CT molecular complexity index is 1040. The molecule has 2 amide bonds. The van der Waals surface area contributed by atoms with E-state index in [0.717, 1.165) is 68.1 Å². The minimum Gasteiger partial charge on any atom is -0.484 e. The van der Waals surface area contributed by atoms with Crippen LogP contribution in [0.1, 0.15) is 30.9 Å². The van der Waals surface area contributed by atoms with Gasteiger partial charge < -0.3 is 19.9 Å². The van der Waals surface area contributed by atoms with Crippen LogP contribution in [0.2, 0.25) is 0 Å². The van der Waals surface area contributed by atoms with Gasteiger partial charge in [-0.15, -0.1) is 5.10 Å². The second kappa shape index (κ2) is 10.7. The molecule has 182 valence electrons. The number of nitrogens with one attached hydrogen (secondary N) is 1. The summed E-state index contributed by atoms with van der Waals surface area (Å²) in [7, 11) is 0. The minimum atomic E-state index is -0.122. The number of hydrogen-bond donors (Lipinski definition) is 1. The molecule has 0 aliphatic carbocycles. The van der Waals surface area contributed by atoms with Gasteiger partial charge in [-0.25, -0.2) is 4.79 Å². The Morgan fingerprint density at radius 1 is 1.06 bits per heavy atom. The summed E-state index contributed by atoms with van der Waals surface area (Å²) >= 11 is 0. The zero-order valence-electron chi connectivity index (χ0n) is 20.1. The van der Waals surface area contributed by atoms with Gasteiger partial charge in [0, 0.05) is 63.8 Å². The molecule has 0 spiro atoms. The van der Waals surface area contributed by atoms with E-state index in [1.807, 2.05) is 35.8 Å². The number of allylic oxidation sites excluding steroid dienone is 1.